The second-order valence-corrected chi connectivity index (χ2v) is 6.86. The third-order valence-electron chi connectivity index (χ3n) is 4.75. The van der Waals surface area contributed by atoms with Crippen molar-refractivity contribution in [1.29, 1.82) is 0 Å². The molecule has 9 heteroatoms. The molecule has 8 nitrogen and oxygen atoms in total. The van der Waals surface area contributed by atoms with E-state index >= 15 is 0 Å². The Kier molecular flexibility index (Phi) is 5.11. The van der Waals surface area contributed by atoms with Crippen molar-refractivity contribution in [2.45, 2.75) is 31.8 Å². The first kappa shape index (κ1) is 18.8. The minimum atomic E-state index is -0.968. The Morgan fingerprint density at radius 1 is 1.30 bits per heavy atom. The largest absolute Gasteiger partial charge is 0.454 e. The molecule has 4 amide bonds. The van der Waals surface area contributed by atoms with Crippen LogP contribution in [-0.2, 0) is 25.7 Å². The number of ether oxygens (including phenoxy) is 1. The third-order valence-corrected chi connectivity index (χ3v) is 4.75. The zero-order valence-electron chi connectivity index (χ0n) is 14.8. The Balaban J connectivity index is 1.42. The molecule has 1 atom stereocenters. The summed E-state index contributed by atoms with van der Waals surface area (Å²) >= 11 is 0. The first-order chi connectivity index (χ1) is 12.8. The van der Waals surface area contributed by atoms with Crippen LogP contribution in [-0.4, -0.2) is 47.4 Å². The summed E-state index contributed by atoms with van der Waals surface area (Å²) in [6.45, 7) is 0.727. The topological polar surface area (TPSA) is 105 Å². The van der Waals surface area contributed by atoms with Gasteiger partial charge in [0.05, 0.1) is 0 Å². The molecule has 1 saturated heterocycles. The number of hydrogen-bond acceptors (Lipinski definition) is 5. The Morgan fingerprint density at radius 3 is 2.59 bits per heavy atom. The zero-order chi connectivity index (χ0) is 19.6. The number of halogens is 1. The molecule has 2 N–H and O–H groups in total. The molecule has 2 aliphatic rings. The van der Waals surface area contributed by atoms with Gasteiger partial charge in [-0.2, -0.15) is 0 Å². The SMILES string of the molecule is C[C@]1(C2CC2)NC(=O)N(CC(=O)OCC(=O)NCc2ccc(F)cc2)C1=O. The van der Waals surface area contributed by atoms with Crippen molar-refractivity contribution >= 4 is 23.8 Å². The number of urea groups is 1. The fourth-order valence-corrected chi connectivity index (χ4v) is 2.97. The van der Waals surface area contributed by atoms with Crippen molar-refractivity contribution in [1.82, 2.24) is 15.5 Å². The van der Waals surface area contributed by atoms with Crippen LogP contribution in [0.2, 0.25) is 0 Å². The molecule has 3 rings (SSSR count). The van der Waals surface area contributed by atoms with Crippen LogP contribution in [0.3, 0.4) is 0 Å². The number of amides is 4. The number of hydrogen-bond donors (Lipinski definition) is 2. The maximum Gasteiger partial charge on any atom is 0.326 e. The fourth-order valence-electron chi connectivity index (χ4n) is 2.97. The first-order valence-electron chi connectivity index (χ1n) is 8.60. The summed E-state index contributed by atoms with van der Waals surface area (Å²) in [5.74, 6) is -2.14. The molecule has 0 aromatic heterocycles. The van der Waals surface area contributed by atoms with Gasteiger partial charge in [-0.25, -0.2) is 9.18 Å². The molecule has 2 fully saturated rings. The molecule has 144 valence electrons. The lowest BCUT2D eigenvalue weighted by Gasteiger charge is -2.20. The van der Waals surface area contributed by atoms with Gasteiger partial charge in [0.25, 0.3) is 11.8 Å². The molecule has 1 aromatic carbocycles. The summed E-state index contributed by atoms with van der Waals surface area (Å²) in [7, 11) is 0. The number of esters is 1. The molecular weight excluding hydrogens is 357 g/mol. The zero-order valence-corrected chi connectivity index (χ0v) is 14.8. The summed E-state index contributed by atoms with van der Waals surface area (Å²) in [4.78, 5) is 48.8. The average Bonchev–Trinajstić information content (AvgIpc) is 3.46. The normalized spacial score (nSPS) is 21.8. The number of rotatable bonds is 7. The van der Waals surface area contributed by atoms with E-state index in [2.05, 4.69) is 10.6 Å². The summed E-state index contributed by atoms with van der Waals surface area (Å²) in [6.07, 6.45) is 1.71. The number of benzene rings is 1. The standard InChI is InChI=1S/C18H20FN3O5/c1-18(12-4-5-12)16(25)22(17(26)21-18)9-15(24)27-10-14(23)20-8-11-2-6-13(19)7-3-11/h2-3,6-7,12H,4-5,8-10H2,1H3,(H,20,23)(H,21,26)/t18-/m1/s1. The Labute approximate surface area is 155 Å². The maximum atomic E-state index is 12.8. The monoisotopic (exact) mass is 377 g/mol. The second kappa shape index (κ2) is 7.34. The lowest BCUT2D eigenvalue weighted by atomic mass is 9.96. The molecular formula is C18H20FN3O5. The van der Waals surface area contributed by atoms with E-state index in [4.69, 9.17) is 4.74 Å². The summed E-state index contributed by atoms with van der Waals surface area (Å²) < 4.78 is 17.6. The summed E-state index contributed by atoms with van der Waals surface area (Å²) in [5, 5.41) is 5.15. The molecule has 27 heavy (non-hydrogen) atoms. The van der Waals surface area contributed by atoms with Crippen LogP contribution in [0.4, 0.5) is 9.18 Å². The van der Waals surface area contributed by atoms with Crippen LogP contribution in [0, 0.1) is 11.7 Å². The van der Waals surface area contributed by atoms with Crippen LogP contribution < -0.4 is 10.6 Å². The van der Waals surface area contributed by atoms with Crippen molar-refractivity contribution in [3.8, 4) is 0 Å². The van der Waals surface area contributed by atoms with Gasteiger partial charge in [-0.3, -0.25) is 19.3 Å². The average molecular weight is 377 g/mol. The minimum Gasteiger partial charge on any atom is -0.454 e. The highest BCUT2D eigenvalue weighted by Crippen LogP contribution is 2.42. The Morgan fingerprint density at radius 2 is 1.96 bits per heavy atom. The van der Waals surface area contributed by atoms with Crippen molar-refractivity contribution in [3.63, 3.8) is 0 Å². The maximum absolute atomic E-state index is 12.8. The van der Waals surface area contributed by atoms with Crippen molar-refractivity contribution < 1.29 is 28.3 Å². The molecule has 1 aliphatic carbocycles. The van der Waals surface area contributed by atoms with Crippen LogP contribution in [0.5, 0.6) is 0 Å². The predicted octanol–water partition coefficient (Wildman–Crippen LogP) is 0.706. The molecule has 1 saturated carbocycles. The molecule has 1 heterocycles. The highest BCUT2D eigenvalue weighted by molar-refractivity contribution is 6.08. The van der Waals surface area contributed by atoms with Crippen LogP contribution in [0.25, 0.3) is 0 Å². The highest BCUT2D eigenvalue weighted by Gasteiger charge is 2.56. The van der Waals surface area contributed by atoms with E-state index in [9.17, 15) is 23.6 Å². The molecule has 1 aliphatic heterocycles. The molecule has 1 aromatic rings. The van der Waals surface area contributed by atoms with Gasteiger partial charge >= 0.3 is 12.0 Å². The van der Waals surface area contributed by atoms with Gasteiger partial charge in [-0.05, 0) is 43.4 Å². The fraction of sp³-hybridized carbons (Fsp3) is 0.444. The highest BCUT2D eigenvalue weighted by atomic mass is 19.1. The van der Waals surface area contributed by atoms with Gasteiger partial charge < -0.3 is 15.4 Å². The van der Waals surface area contributed by atoms with E-state index < -0.39 is 42.5 Å². The lowest BCUT2D eigenvalue weighted by Crippen LogP contribution is -2.46. The molecule has 0 spiro atoms. The molecule has 0 radical (unpaired) electrons. The van der Waals surface area contributed by atoms with Gasteiger partial charge in [0.1, 0.15) is 17.9 Å². The smallest absolute Gasteiger partial charge is 0.326 e. The van der Waals surface area contributed by atoms with E-state index in [0.717, 1.165) is 17.7 Å². The number of carbonyl (C=O) groups excluding carboxylic acids is 4. The molecule has 0 bridgehead atoms. The van der Waals surface area contributed by atoms with Crippen molar-refractivity contribution in [3.05, 3.63) is 35.6 Å². The van der Waals surface area contributed by atoms with Crippen LogP contribution >= 0.6 is 0 Å². The van der Waals surface area contributed by atoms with E-state index in [1.54, 1.807) is 6.92 Å². The predicted molar refractivity (Wildman–Crippen MR) is 90.6 cm³/mol. The second-order valence-electron chi connectivity index (χ2n) is 6.86. The van der Waals surface area contributed by atoms with Crippen LogP contribution in [0.1, 0.15) is 25.3 Å². The van der Waals surface area contributed by atoms with Crippen molar-refractivity contribution in [2.24, 2.45) is 5.92 Å². The van der Waals surface area contributed by atoms with Gasteiger partial charge in [0, 0.05) is 6.54 Å². The minimum absolute atomic E-state index is 0.0900. The van der Waals surface area contributed by atoms with E-state index in [-0.39, 0.29) is 18.3 Å². The van der Waals surface area contributed by atoms with E-state index in [1.165, 1.54) is 24.3 Å². The Bertz CT molecular complexity index is 778. The number of nitrogens with one attached hydrogen (secondary N) is 2. The summed E-state index contributed by atoms with van der Waals surface area (Å²) in [5.41, 5.74) is -0.279. The quantitative estimate of drug-likeness (QED) is 0.538. The Hall–Kier alpha value is -2.97. The van der Waals surface area contributed by atoms with Crippen molar-refractivity contribution in [2.75, 3.05) is 13.2 Å². The van der Waals surface area contributed by atoms with Gasteiger partial charge in [0.15, 0.2) is 6.61 Å². The molecule has 0 unspecified atom stereocenters. The van der Waals surface area contributed by atoms with Crippen LogP contribution in [0.15, 0.2) is 24.3 Å². The van der Waals surface area contributed by atoms with Gasteiger partial charge in [-0.15, -0.1) is 0 Å². The number of carbonyl (C=O) groups is 4. The van der Waals surface area contributed by atoms with Gasteiger partial charge in [0.2, 0.25) is 0 Å². The van der Waals surface area contributed by atoms with E-state index in [1.807, 2.05) is 0 Å². The summed E-state index contributed by atoms with van der Waals surface area (Å²) in [6, 6.07) is 4.96. The number of imide groups is 1. The third kappa shape index (κ3) is 4.24. The first-order valence-corrected chi connectivity index (χ1v) is 8.60. The van der Waals surface area contributed by atoms with Gasteiger partial charge in [-0.1, -0.05) is 12.1 Å². The number of nitrogens with zero attached hydrogens (tertiary/aromatic N) is 1. The van der Waals surface area contributed by atoms with E-state index in [0.29, 0.717) is 5.56 Å². The lowest BCUT2D eigenvalue weighted by molar-refractivity contribution is -0.151.